The highest BCUT2D eigenvalue weighted by atomic mass is 32.1. The first-order valence-corrected chi connectivity index (χ1v) is 8.20. The molecule has 0 aromatic carbocycles. The third-order valence-corrected chi connectivity index (χ3v) is 4.03. The van der Waals surface area contributed by atoms with E-state index in [4.69, 9.17) is 5.11 Å². The molecule has 2 rings (SSSR count). The van der Waals surface area contributed by atoms with Crippen molar-refractivity contribution in [2.75, 3.05) is 11.9 Å². The number of hydrogen-bond acceptors (Lipinski definition) is 5. The number of amides is 2. The van der Waals surface area contributed by atoms with Gasteiger partial charge < -0.3 is 15.7 Å². The molecule has 120 valence electrons. The highest BCUT2D eigenvalue weighted by molar-refractivity contribution is 7.14. The lowest BCUT2D eigenvalue weighted by molar-refractivity contribution is -0.137. The molecule has 1 heterocycles. The largest absolute Gasteiger partial charge is 0.481 e. The van der Waals surface area contributed by atoms with Crippen LogP contribution in [0.5, 0.6) is 0 Å². The van der Waals surface area contributed by atoms with Crippen molar-refractivity contribution in [2.45, 2.75) is 38.5 Å². The van der Waals surface area contributed by atoms with Crippen LogP contribution in [-0.2, 0) is 9.59 Å². The number of aliphatic carboxylic acids is 1. The summed E-state index contributed by atoms with van der Waals surface area (Å²) in [6.07, 6.45) is 4.10. The zero-order valence-electron chi connectivity index (χ0n) is 12.1. The van der Waals surface area contributed by atoms with Crippen molar-refractivity contribution in [3.05, 3.63) is 11.1 Å². The Morgan fingerprint density at radius 3 is 2.73 bits per heavy atom. The van der Waals surface area contributed by atoms with Crippen LogP contribution in [-0.4, -0.2) is 34.4 Å². The first kappa shape index (κ1) is 16.4. The maximum absolute atomic E-state index is 11.9. The first-order valence-electron chi connectivity index (χ1n) is 7.32. The number of nitrogens with one attached hydrogen (secondary N) is 2. The summed E-state index contributed by atoms with van der Waals surface area (Å²) in [7, 11) is 0. The van der Waals surface area contributed by atoms with E-state index in [1.807, 2.05) is 0 Å². The predicted molar refractivity (Wildman–Crippen MR) is 81.9 cm³/mol. The number of carbonyl (C=O) groups is 3. The SMILES string of the molecule is O=C(O)CCCCCNC(=O)c1csc(NC(=O)C2CC2)n1. The second-order valence-corrected chi connectivity index (χ2v) is 6.12. The van der Waals surface area contributed by atoms with Gasteiger partial charge in [0.1, 0.15) is 5.69 Å². The van der Waals surface area contributed by atoms with Gasteiger partial charge >= 0.3 is 5.97 Å². The van der Waals surface area contributed by atoms with Gasteiger partial charge in [-0.2, -0.15) is 0 Å². The van der Waals surface area contributed by atoms with Gasteiger partial charge in [0.05, 0.1) is 0 Å². The molecule has 0 bridgehead atoms. The quantitative estimate of drug-likeness (QED) is 0.601. The predicted octanol–water partition coefficient (Wildman–Crippen LogP) is 1.87. The Morgan fingerprint density at radius 2 is 2.05 bits per heavy atom. The molecular weight excluding hydrogens is 306 g/mol. The smallest absolute Gasteiger partial charge is 0.303 e. The molecule has 3 N–H and O–H groups in total. The van der Waals surface area contributed by atoms with Gasteiger partial charge in [0.15, 0.2) is 5.13 Å². The van der Waals surface area contributed by atoms with E-state index >= 15 is 0 Å². The van der Waals surface area contributed by atoms with Gasteiger partial charge in [-0.25, -0.2) is 4.98 Å². The number of aromatic nitrogens is 1. The molecule has 2 amide bonds. The highest BCUT2D eigenvalue weighted by Crippen LogP contribution is 2.30. The molecule has 8 heteroatoms. The molecule has 0 spiro atoms. The van der Waals surface area contributed by atoms with Crippen LogP contribution in [0.2, 0.25) is 0 Å². The topological polar surface area (TPSA) is 108 Å². The third kappa shape index (κ3) is 5.44. The summed E-state index contributed by atoms with van der Waals surface area (Å²) < 4.78 is 0. The van der Waals surface area contributed by atoms with Crippen molar-refractivity contribution in [1.82, 2.24) is 10.3 Å². The Morgan fingerprint density at radius 1 is 1.27 bits per heavy atom. The van der Waals surface area contributed by atoms with E-state index in [1.54, 1.807) is 5.38 Å². The summed E-state index contributed by atoms with van der Waals surface area (Å²) in [5.74, 6) is -1.000. The molecule has 0 aliphatic heterocycles. The normalized spacial score (nSPS) is 13.6. The maximum Gasteiger partial charge on any atom is 0.303 e. The monoisotopic (exact) mass is 325 g/mol. The summed E-state index contributed by atoms with van der Waals surface area (Å²) in [5.41, 5.74) is 0.293. The van der Waals surface area contributed by atoms with Gasteiger partial charge in [-0.1, -0.05) is 6.42 Å². The van der Waals surface area contributed by atoms with Crippen LogP contribution in [0.25, 0.3) is 0 Å². The van der Waals surface area contributed by atoms with Gasteiger partial charge in [-0.3, -0.25) is 14.4 Å². The van der Waals surface area contributed by atoms with Crippen LogP contribution in [0.1, 0.15) is 49.0 Å². The molecule has 22 heavy (non-hydrogen) atoms. The number of carboxylic acid groups (broad SMARTS) is 1. The number of rotatable bonds is 9. The Bertz CT molecular complexity index is 554. The van der Waals surface area contributed by atoms with E-state index in [-0.39, 0.29) is 24.2 Å². The van der Waals surface area contributed by atoms with Crippen molar-refractivity contribution in [2.24, 2.45) is 5.92 Å². The second kappa shape index (κ2) is 7.88. The summed E-state index contributed by atoms with van der Waals surface area (Å²) in [4.78, 5) is 37.9. The highest BCUT2D eigenvalue weighted by Gasteiger charge is 2.30. The average molecular weight is 325 g/mol. The fourth-order valence-electron chi connectivity index (χ4n) is 1.86. The number of carboxylic acids is 1. The lowest BCUT2D eigenvalue weighted by atomic mass is 10.2. The van der Waals surface area contributed by atoms with Crippen LogP contribution in [0.4, 0.5) is 5.13 Å². The number of unbranched alkanes of at least 4 members (excludes halogenated alkanes) is 2. The van der Waals surface area contributed by atoms with Crippen molar-refractivity contribution in [3.8, 4) is 0 Å². The molecule has 0 atom stereocenters. The van der Waals surface area contributed by atoms with Crippen molar-refractivity contribution < 1.29 is 19.5 Å². The standard InChI is InChI=1S/C14H19N3O4S/c18-11(19)4-2-1-3-7-15-13(21)10-8-22-14(16-10)17-12(20)9-5-6-9/h8-9H,1-7H2,(H,15,21)(H,18,19)(H,16,17,20). The van der Waals surface area contributed by atoms with Gasteiger partial charge in [-0.05, 0) is 25.7 Å². The molecule has 0 unspecified atom stereocenters. The molecule has 0 saturated heterocycles. The number of thiazole rings is 1. The van der Waals surface area contributed by atoms with Crippen LogP contribution >= 0.6 is 11.3 Å². The summed E-state index contributed by atoms with van der Waals surface area (Å²) in [6.45, 7) is 0.486. The molecule has 1 aromatic heterocycles. The minimum Gasteiger partial charge on any atom is -0.481 e. The molecule has 7 nitrogen and oxygen atoms in total. The van der Waals surface area contributed by atoms with Gasteiger partial charge in [0, 0.05) is 24.3 Å². The third-order valence-electron chi connectivity index (χ3n) is 3.27. The van der Waals surface area contributed by atoms with E-state index in [0.717, 1.165) is 25.7 Å². The number of anilines is 1. The van der Waals surface area contributed by atoms with Gasteiger partial charge in [0.2, 0.25) is 5.91 Å². The molecule has 1 saturated carbocycles. The Balaban J connectivity index is 1.65. The summed E-state index contributed by atoms with van der Waals surface area (Å²) >= 11 is 1.23. The summed E-state index contributed by atoms with van der Waals surface area (Å²) in [6, 6.07) is 0. The van der Waals surface area contributed by atoms with E-state index in [2.05, 4.69) is 15.6 Å². The molecular formula is C14H19N3O4S. The van der Waals surface area contributed by atoms with Crippen LogP contribution in [0, 0.1) is 5.92 Å². The van der Waals surface area contributed by atoms with Crippen molar-refractivity contribution in [1.29, 1.82) is 0 Å². The summed E-state index contributed by atoms with van der Waals surface area (Å²) in [5, 5.41) is 16.0. The van der Waals surface area contributed by atoms with Crippen LogP contribution in [0.3, 0.4) is 0 Å². The molecule has 1 aliphatic rings. The van der Waals surface area contributed by atoms with Crippen molar-refractivity contribution >= 4 is 34.3 Å². The Labute approximate surface area is 132 Å². The second-order valence-electron chi connectivity index (χ2n) is 5.26. The van der Waals surface area contributed by atoms with E-state index in [1.165, 1.54) is 11.3 Å². The Kier molecular flexibility index (Phi) is 5.88. The van der Waals surface area contributed by atoms with Crippen LogP contribution < -0.4 is 10.6 Å². The van der Waals surface area contributed by atoms with Crippen molar-refractivity contribution in [3.63, 3.8) is 0 Å². The number of carbonyl (C=O) groups excluding carboxylic acids is 2. The Hall–Kier alpha value is -1.96. The molecule has 1 aromatic rings. The van der Waals surface area contributed by atoms with Gasteiger partial charge in [-0.15, -0.1) is 11.3 Å². The lowest BCUT2D eigenvalue weighted by Crippen LogP contribution is -2.24. The fourth-order valence-corrected chi connectivity index (χ4v) is 2.55. The van der Waals surface area contributed by atoms with E-state index < -0.39 is 5.97 Å². The van der Waals surface area contributed by atoms with Gasteiger partial charge in [0.25, 0.3) is 5.91 Å². The zero-order chi connectivity index (χ0) is 15.9. The number of hydrogen-bond donors (Lipinski definition) is 3. The maximum atomic E-state index is 11.9. The minimum absolute atomic E-state index is 0.0280. The molecule has 1 aliphatic carbocycles. The molecule has 1 fully saturated rings. The zero-order valence-corrected chi connectivity index (χ0v) is 12.9. The average Bonchev–Trinajstić information content (AvgIpc) is 3.22. The number of nitrogens with zero attached hydrogens (tertiary/aromatic N) is 1. The van der Waals surface area contributed by atoms with E-state index in [0.29, 0.717) is 23.8 Å². The lowest BCUT2D eigenvalue weighted by Gasteiger charge is -2.02. The fraction of sp³-hybridized carbons (Fsp3) is 0.571. The van der Waals surface area contributed by atoms with E-state index in [9.17, 15) is 14.4 Å². The minimum atomic E-state index is -0.799. The molecule has 0 radical (unpaired) electrons. The van der Waals surface area contributed by atoms with Crippen LogP contribution in [0.15, 0.2) is 5.38 Å². The first-order chi connectivity index (χ1) is 10.6.